The van der Waals surface area contributed by atoms with Crippen molar-refractivity contribution in [1.29, 1.82) is 0 Å². The van der Waals surface area contributed by atoms with Crippen LogP contribution in [0.5, 0.6) is 0 Å². The third-order valence-electron chi connectivity index (χ3n) is 4.20. The maximum atomic E-state index is 12.8. The lowest BCUT2D eigenvalue weighted by molar-refractivity contribution is 0.251. The van der Waals surface area contributed by atoms with E-state index in [-0.39, 0.29) is 5.25 Å². The molecule has 1 aliphatic rings. The number of benzene rings is 2. The van der Waals surface area contributed by atoms with E-state index >= 15 is 0 Å². The highest BCUT2D eigenvalue weighted by atomic mass is 32.2. The number of hydrogen-bond acceptors (Lipinski definition) is 3. The monoisotopic (exact) mass is 329 g/mol. The third-order valence-corrected chi connectivity index (χ3v) is 5.53. The van der Waals surface area contributed by atoms with Gasteiger partial charge in [-0.05, 0) is 37.1 Å². The summed E-state index contributed by atoms with van der Waals surface area (Å²) < 4.78 is 18.5. The van der Waals surface area contributed by atoms with Gasteiger partial charge >= 0.3 is 0 Å². The molecule has 0 unspecified atom stereocenters. The standard InChI is InChI=1S/C19H23NO2S/c21-23(22-16-15-20-13-7-8-14-20)19(17-9-3-1-4-10-17)18-11-5-2-6-12-18/h1-6,9-12,19H,7-8,13-16H2/t23-/m0/s1. The Morgan fingerprint density at radius 3 is 1.96 bits per heavy atom. The molecule has 1 heterocycles. The van der Waals surface area contributed by atoms with E-state index in [2.05, 4.69) is 4.90 Å². The van der Waals surface area contributed by atoms with Crippen LogP contribution in [0.15, 0.2) is 60.7 Å². The van der Waals surface area contributed by atoms with Gasteiger partial charge in [-0.3, -0.25) is 4.18 Å². The fourth-order valence-corrected chi connectivity index (χ4v) is 4.13. The molecule has 23 heavy (non-hydrogen) atoms. The molecule has 0 bridgehead atoms. The van der Waals surface area contributed by atoms with Crippen LogP contribution in [0.4, 0.5) is 0 Å². The molecule has 0 radical (unpaired) electrons. The highest BCUT2D eigenvalue weighted by Gasteiger charge is 2.22. The summed E-state index contributed by atoms with van der Waals surface area (Å²) in [5.41, 5.74) is 2.05. The van der Waals surface area contributed by atoms with E-state index in [1.165, 1.54) is 12.8 Å². The van der Waals surface area contributed by atoms with Crippen molar-refractivity contribution in [3.05, 3.63) is 71.8 Å². The van der Waals surface area contributed by atoms with Gasteiger partial charge in [0.05, 0.1) is 6.61 Å². The molecular weight excluding hydrogens is 306 g/mol. The maximum absolute atomic E-state index is 12.8. The van der Waals surface area contributed by atoms with E-state index < -0.39 is 11.1 Å². The maximum Gasteiger partial charge on any atom is 0.167 e. The molecule has 0 N–H and O–H groups in total. The van der Waals surface area contributed by atoms with Crippen LogP contribution in [-0.2, 0) is 15.3 Å². The SMILES string of the molecule is O=[S@@](OCCN1CCCC1)C(c1ccccc1)c1ccccc1. The summed E-state index contributed by atoms with van der Waals surface area (Å²) in [5.74, 6) is 0. The summed E-state index contributed by atoms with van der Waals surface area (Å²) in [6.07, 6.45) is 2.53. The first-order chi connectivity index (χ1) is 11.3. The first-order valence-electron chi connectivity index (χ1n) is 8.21. The van der Waals surface area contributed by atoms with Crippen molar-refractivity contribution in [1.82, 2.24) is 4.90 Å². The lowest BCUT2D eigenvalue weighted by Crippen LogP contribution is -2.25. The first-order valence-corrected chi connectivity index (χ1v) is 9.34. The number of hydrogen-bond donors (Lipinski definition) is 0. The van der Waals surface area contributed by atoms with Crippen molar-refractivity contribution in [2.24, 2.45) is 0 Å². The lowest BCUT2D eigenvalue weighted by atomic mass is 10.0. The van der Waals surface area contributed by atoms with Gasteiger partial charge in [0, 0.05) is 6.54 Å². The lowest BCUT2D eigenvalue weighted by Gasteiger charge is -2.19. The second kappa shape index (κ2) is 8.39. The Morgan fingerprint density at radius 2 is 1.43 bits per heavy atom. The fraction of sp³-hybridized carbons (Fsp3) is 0.368. The van der Waals surface area contributed by atoms with Crippen LogP contribution in [0, 0.1) is 0 Å². The molecule has 2 aromatic rings. The Hall–Kier alpha value is -1.49. The van der Waals surface area contributed by atoms with E-state index in [1.54, 1.807) is 0 Å². The van der Waals surface area contributed by atoms with E-state index in [9.17, 15) is 4.21 Å². The summed E-state index contributed by atoms with van der Waals surface area (Å²) in [7, 11) is 0. The summed E-state index contributed by atoms with van der Waals surface area (Å²) in [5, 5.41) is -0.240. The molecule has 1 fully saturated rings. The molecule has 3 rings (SSSR count). The second-order valence-corrected chi connectivity index (χ2v) is 7.06. The van der Waals surface area contributed by atoms with Gasteiger partial charge in [-0.1, -0.05) is 60.7 Å². The van der Waals surface area contributed by atoms with E-state index in [1.807, 2.05) is 60.7 Å². The van der Waals surface area contributed by atoms with E-state index in [4.69, 9.17) is 4.18 Å². The van der Waals surface area contributed by atoms with Gasteiger partial charge in [-0.2, -0.15) is 0 Å². The average Bonchev–Trinajstić information content (AvgIpc) is 3.10. The zero-order valence-electron chi connectivity index (χ0n) is 13.3. The van der Waals surface area contributed by atoms with Crippen LogP contribution in [0.1, 0.15) is 29.2 Å². The smallest absolute Gasteiger partial charge is 0.167 e. The van der Waals surface area contributed by atoms with Crippen molar-refractivity contribution in [3.63, 3.8) is 0 Å². The van der Waals surface area contributed by atoms with Crippen LogP contribution in [-0.4, -0.2) is 35.3 Å². The molecule has 1 saturated heterocycles. The van der Waals surface area contributed by atoms with Crippen LogP contribution >= 0.6 is 0 Å². The molecule has 0 spiro atoms. The molecule has 0 aromatic heterocycles. The molecule has 122 valence electrons. The Balaban J connectivity index is 1.69. The normalized spacial score (nSPS) is 16.7. The molecule has 1 aliphatic heterocycles. The molecule has 4 heteroatoms. The zero-order valence-corrected chi connectivity index (χ0v) is 14.1. The molecular formula is C19H23NO2S. The summed E-state index contributed by atoms with van der Waals surface area (Å²) >= 11 is -1.39. The molecule has 1 atom stereocenters. The van der Waals surface area contributed by atoms with E-state index in [0.717, 1.165) is 30.8 Å². The Kier molecular flexibility index (Phi) is 5.97. The van der Waals surface area contributed by atoms with Gasteiger partial charge in [0.1, 0.15) is 5.25 Å². The molecule has 0 aliphatic carbocycles. The third kappa shape index (κ3) is 4.50. The van der Waals surface area contributed by atoms with Gasteiger partial charge in [-0.15, -0.1) is 0 Å². The minimum Gasteiger partial charge on any atom is -0.301 e. The summed E-state index contributed by atoms with van der Waals surface area (Å²) in [6.45, 7) is 3.65. The van der Waals surface area contributed by atoms with Crippen molar-refractivity contribution >= 4 is 11.1 Å². The van der Waals surface area contributed by atoms with E-state index in [0.29, 0.717) is 6.61 Å². The predicted molar refractivity (Wildman–Crippen MR) is 94.5 cm³/mol. The second-order valence-electron chi connectivity index (χ2n) is 5.83. The van der Waals surface area contributed by atoms with Crippen LogP contribution < -0.4 is 0 Å². The van der Waals surface area contributed by atoms with Crippen molar-refractivity contribution < 1.29 is 8.39 Å². The van der Waals surface area contributed by atoms with Gasteiger partial charge in [0.25, 0.3) is 0 Å². The van der Waals surface area contributed by atoms with Crippen molar-refractivity contribution in [2.75, 3.05) is 26.2 Å². The Morgan fingerprint density at radius 1 is 0.913 bits per heavy atom. The fourth-order valence-electron chi connectivity index (χ4n) is 2.99. The van der Waals surface area contributed by atoms with Gasteiger partial charge in [-0.25, -0.2) is 4.21 Å². The minimum absolute atomic E-state index is 0.240. The van der Waals surface area contributed by atoms with Gasteiger partial charge in [0.15, 0.2) is 11.1 Å². The predicted octanol–water partition coefficient (Wildman–Crippen LogP) is 3.55. The molecule has 2 aromatic carbocycles. The topological polar surface area (TPSA) is 29.5 Å². The van der Waals surface area contributed by atoms with Crippen LogP contribution in [0.2, 0.25) is 0 Å². The quantitative estimate of drug-likeness (QED) is 0.778. The number of rotatable bonds is 7. The molecule has 3 nitrogen and oxygen atoms in total. The average molecular weight is 329 g/mol. The van der Waals surface area contributed by atoms with Gasteiger partial charge in [0.2, 0.25) is 0 Å². The Bertz CT molecular complexity index is 572. The number of nitrogens with zero attached hydrogens (tertiary/aromatic N) is 1. The minimum atomic E-state index is -1.39. The molecule has 0 amide bonds. The van der Waals surface area contributed by atoms with Gasteiger partial charge < -0.3 is 4.90 Å². The van der Waals surface area contributed by atoms with Crippen molar-refractivity contribution in [3.8, 4) is 0 Å². The first kappa shape index (κ1) is 16.4. The highest BCUT2D eigenvalue weighted by molar-refractivity contribution is 7.80. The summed E-state index contributed by atoms with van der Waals surface area (Å²) in [6, 6.07) is 19.9. The Labute approximate surface area is 140 Å². The largest absolute Gasteiger partial charge is 0.301 e. The van der Waals surface area contributed by atoms with Crippen LogP contribution in [0.25, 0.3) is 0 Å². The number of likely N-dealkylation sites (tertiary alicyclic amines) is 1. The zero-order chi connectivity index (χ0) is 15.9. The highest BCUT2D eigenvalue weighted by Crippen LogP contribution is 2.28. The van der Waals surface area contributed by atoms with Crippen LogP contribution in [0.3, 0.4) is 0 Å². The van der Waals surface area contributed by atoms with Crippen molar-refractivity contribution in [2.45, 2.75) is 18.1 Å². The molecule has 0 saturated carbocycles. The summed E-state index contributed by atoms with van der Waals surface area (Å²) in [4.78, 5) is 2.37.